The van der Waals surface area contributed by atoms with Crippen LogP contribution >= 0.6 is 0 Å². The van der Waals surface area contributed by atoms with Crippen molar-refractivity contribution in [2.75, 3.05) is 23.9 Å². The molecule has 2 aromatic rings. The van der Waals surface area contributed by atoms with Crippen molar-refractivity contribution in [2.24, 2.45) is 0 Å². The zero-order chi connectivity index (χ0) is 27.5. The van der Waals surface area contributed by atoms with E-state index in [2.05, 4.69) is 5.32 Å². The molecule has 15 heteroatoms. The normalized spacial score (nSPS) is 15.2. The van der Waals surface area contributed by atoms with E-state index in [9.17, 15) is 53.6 Å². The molecule has 2 rings (SSSR count). The van der Waals surface area contributed by atoms with Gasteiger partial charge in [-0.25, -0.2) is 0 Å². The second-order valence-corrected chi connectivity index (χ2v) is 9.09. The average Bonchev–Trinajstić information content (AvgIpc) is 2.74. The molecule has 36 heavy (non-hydrogen) atoms. The number of hydrogen-bond donors (Lipinski definition) is 3. The lowest BCUT2D eigenvalue weighted by molar-refractivity contribution is -0.260. The number of anilines is 1. The van der Waals surface area contributed by atoms with Gasteiger partial charge in [0.1, 0.15) is 5.75 Å². The van der Waals surface area contributed by atoms with Gasteiger partial charge in [0.15, 0.2) is 0 Å². The highest BCUT2D eigenvalue weighted by atomic mass is 32.2. The maximum Gasteiger partial charge on any atom is 0.423 e. The van der Waals surface area contributed by atoms with Crippen LogP contribution < -0.4 is 10.6 Å². The van der Waals surface area contributed by atoms with E-state index in [0.717, 1.165) is 12.1 Å². The van der Waals surface area contributed by atoms with Gasteiger partial charge in [-0.2, -0.15) is 39.5 Å². The summed E-state index contributed by atoms with van der Waals surface area (Å²) in [5, 5.41) is 14.5. The standard InChI is InChI=1S/C21H19F9N2O3S/c1-36(35)10-17(33)31-9-12-5-6-15(8-16(12)20(25,26)27)32-11-18(34,21(28,29)30)13-3-2-4-14(7-13)19(22,23)24/h2-8,32,34H,9-11H2,1H3,(H,31,33)/t18-,36-/m1/s1. The van der Waals surface area contributed by atoms with E-state index in [1.165, 1.54) is 6.26 Å². The number of amides is 1. The number of hydrogen-bond acceptors (Lipinski definition) is 4. The summed E-state index contributed by atoms with van der Waals surface area (Å²) in [6, 6.07) is 4.12. The number of carbonyl (C=O) groups is 1. The molecule has 0 aromatic heterocycles. The van der Waals surface area contributed by atoms with Crippen LogP contribution in [0.4, 0.5) is 45.2 Å². The Kier molecular flexibility index (Phi) is 8.71. The van der Waals surface area contributed by atoms with Crippen LogP contribution in [0.15, 0.2) is 42.5 Å². The third-order valence-corrected chi connectivity index (χ3v) is 5.58. The van der Waals surface area contributed by atoms with Crippen LogP contribution in [0.2, 0.25) is 0 Å². The first-order valence-electron chi connectivity index (χ1n) is 9.82. The largest absolute Gasteiger partial charge is 0.423 e. The first-order valence-corrected chi connectivity index (χ1v) is 11.5. The van der Waals surface area contributed by atoms with Crippen LogP contribution in [0.25, 0.3) is 0 Å². The smallest absolute Gasteiger partial charge is 0.381 e. The summed E-state index contributed by atoms with van der Waals surface area (Å²) < 4.78 is 132. The van der Waals surface area contributed by atoms with Crippen LogP contribution in [0, 0.1) is 0 Å². The molecule has 5 nitrogen and oxygen atoms in total. The Morgan fingerprint density at radius 1 is 0.917 bits per heavy atom. The van der Waals surface area contributed by atoms with E-state index >= 15 is 0 Å². The summed E-state index contributed by atoms with van der Waals surface area (Å²) in [4.78, 5) is 11.6. The predicted octanol–water partition coefficient (Wildman–Crippen LogP) is 4.58. The van der Waals surface area contributed by atoms with Gasteiger partial charge in [-0.05, 0) is 35.4 Å². The summed E-state index contributed by atoms with van der Waals surface area (Å²) in [7, 11) is -1.54. The van der Waals surface area contributed by atoms with Crippen molar-refractivity contribution < 1.29 is 53.6 Å². The van der Waals surface area contributed by atoms with Gasteiger partial charge < -0.3 is 15.7 Å². The number of rotatable bonds is 8. The minimum absolute atomic E-state index is 0.103. The molecule has 0 heterocycles. The molecule has 3 N–H and O–H groups in total. The number of nitrogens with one attached hydrogen (secondary N) is 2. The number of halogens is 9. The quantitative estimate of drug-likeness (QED) is 0.421. The van der Waals surface area contributed by atoms with Gasteiger partial charge in [0.25, 0.3) is 0 Å². The molecular weight excluding hydrogens is 531 g/mol. The summed E-state index contributed by atoms with van der Waals surface area (Å²) in [6.07, 6.45) is -14.3. The molecule has 0 aliphatic rings. The van der Waals surface area contributed by atoms with Gasteiger partial charge >= 0.3 is 18.5 Å². The molecule has 0 saturated heterocycles. The SMILES string of the molecule is C[S@@](=O)CC(=O)NCc1ccc(NC[C@@](O)(c2cccc(C(F)(F)F)c2)C(F)(F)F)cc1C(F)(F)F. The first kappa shape index (κ1) is 29.4. The second-order valence-electron chi connectivity index (χ2n) is 7.65. The number of aliphatic hydroxyl groups is 1. The fourth-order valence-corrected chi connectivity index (χ4v) is 3.55. The van der Waals surface area contributed by atoms with Crippen molar-refractivity contribution in [3.8, 4) is 0 Å². The highest BCUT2D eigenvalue weighted by molar-refractivity contribution is 7.85. The van der Waals surface area contributed by atoms with E-state index < -0.39 is 87.6 Å². The summed E-state index contributed by atoms with van der Waals surface area (Å²) in [5.74, 6) is -1.24. The van der Waals surface area contributed by atoms with Crippen LogP contribution in [0.3, 0.4) is 0 Å². The zero-order valence-electron chi connectivity index (χ0n) is 18.2. The third kappa shape index (κ3) is 7.35. The van der Waals surface area contributed by atoms with Crippen molar-refractivity contribution >= 4 is 22.4 Å². The maximum absolute atomic E-state index is 13.7. The number of benzene rings is 2. The number of alkyl halides is 9. The van der Waals surface area contributed by atoms with Gasteiger partial charge in [-0.1, -0.05) is 18.2 Å². The van der Waals surface area contributed by atoms with E-state index in [1.807, 2.05) is 5.32 Å². The molecule has 0 unspecified atom stereocenters. The van der Waals surface area contributed by atoms with Crippen LogP contribution in [-0.4, -0.2) is 40.0 Å². The van der Waals surface area contributed by atoms with Crippen molar-refractivity contribution in [1.82, 2.24) is 5.32 Å². The topological polar surface area (TPSA) is 78.4 Å². The summed E-state index contributed by atoms with van der Waals surface area (Å²) in [5.41, 5.74) is -8.80. The summed E-state index contributed by atoms with van der Waals surface area (Å²) >= 11 is 0. The maximum atomic E-state index is 13.7. The highest BCUT2D eigenvalue weighted by Gasteiger charge is 2.55. The fourth-order valence-electron chi connectivity index (χ4n) is 3.08. The lowest BCUT2D eigenvalue weighted by Crippen LogP contribution is -2.48. The Hall–Kier alpha value is -2.81. The molecule has 1 amide bonds. The molecule has 0 aliphatic carbocycles. The zero-order valence-corrected chi connectivity index (χ0v) is 19.1. The van der Waals surface area contributed by atoms with E-state index in [-0.39, 0.29) is 6.07 Å². The van der Waals surface area contributed by atoms with Gasteiger partial charge in [0.05, 0.1) is 17.7 Å². The third-order valence-electron chi connectivity index (χ3n) is 4.91. The molecule has 0 radical (unpaired) electrons. The molecule has 0 saturated carbocycles. The molecule has 0 aliphatic heterocycles. The monoisotopic (exact) mass is 550 g/mol. The Morgan fingerprint density at radius 2 is 1.53 bits per heavy atom. The second kappa shape index (κ2) is 10.7. The molecular formula is C21H19F9N2O3S. The predicted molar refractivity (Wildman–Crippen MR) is 112 cm³/mol. The Bertz CT molecular complexity index is 1120. The Morgan fingerprint density at radius 3 is 2.06 bits per heavy atom. The minimum Gasteiger partial charge on any atom is -0.381 e. The molecule has 200 valence electrons. The Labute approximate surface area is 201 Å². The van der Waals surface area contributed by atoms with Crippen molar-refractivity contribution in [2.45, 2.75) is 30.7 Å². The van der Waals surface area contributed by atoms with Crippen molar-refractivity contribution in [1.29, 1.82) is 0 Å². The van der Waals surface area contributed by atoms with Crippen LogP contribution in [0.5, 0.6) is 0 Å². The van der Waals surface area contributed by atoms with Crippen molar-refractivity contribution in [3.63, 3.8) is 0 Å². The Balaban J connectivity index is 2.35. The van der Waals surface area contributed by atoms with Crippen molar-refractivity contribution in [3.05, 3.63) is 64.7 Å². The molecule has 0 spiro atoms. The first-order chi connectivity index (χ1) is 16.3. The van der Waals surface area contributed by atoms with Gasteiger partial charge in [0.2, 0.25) is 11.5 Å². The lowest BCUT2D eigenvalue weighted by Gasteiger charge is -2.32. The molecule has 2 aromatic carbocycles. The van der Waals surface area contributed by atoms with E-state index in [1.54, 1.807) is 0 Å². The van der Waals surface area contributed by atoms with Gasteiger partial charge in [0, 0.05) is 29.3 Å². The van der Waals surface area contributed by atoms with Gasteiger partial charge in [-0.15, -0.1) is 0 Å². The van der Waals surface area contributed by atoms with Gasteiger partial charge in [-0.3, -0.25) is 9.00 Å². The van der Waals surface area contributed by atoms with Crippen LogP contribution in [-0.2, 0) is 40.1 Å². The lowest BCUT2D eigenvalue weighted by atomic mass is 9.91. The number of carbonyl (C=O) groups excluding carboxylic acids is 1. The van der Waals surface area contributed by atoms with Crippen LogP contribution in [0.1, 0.15) is 22.3 Å². The average molecular weight is 550 g/mol. The molecule has 0 fully saturated rings. The fraction of sp³-hybridized carbons (Fsp3) is 0.381. The summed E-state index contributed by atoms with van der Waals surface area (Å²) in [6.45, 7) is -2.13. The highest BCUT2D eigenvalue weighted by Crippen LogP contribution is 2.41. The minimum atomic E-state index is -5.50. The molecule has 2 atom stereocenters. The van der Waals surface area contributed by atoms with E-state index in [0.29, 0.717) is 24.3 Å². The molecule has 0 bridgehead atoms. The van der Waals surface area contributed by atoms with E-state index in [4.69, 9.17) is 0 Å².